The van der Waals surface area contributed by atoms with Gasteiger partial charge in [0.25, 0.3) is 11.8 Å². The van der Waals surface area contributed by atoms with Crippen LogP contribution in [-0.2, 0) is 13.0 Å². The lowest BCUT2D eigenvalue weighted by atomic mass is 10.1. The summed E-state index contributed by atoms with van der Waals surface area (Å²) in [7, 11) is 0. The van der Waals surface area contributed by atoms with Crippen LogP contribution in [0.3, 0.4) is 0 Å². The van der Waals surface area contributed by atoms with Crippen LogP contribution < -0.4 is 5.32 Å². The van der Waals surface area contributed by atoms with Crippen LogP contribution in [0.15, 0.2) is 59.6 Å². The minimum absolute atomic E-state index is 0.237. The van der Waals surface area contributed by atoms with E-state index in [1.165, 1.54) is 5.56 Å². The third-order valence-electron chi connectivity index (χ3n) is 4.43. The molecule has 146 valence electrons. The Morgan fingerprint density at radius 3 is 2.66 bits per heavy atom. The Labute approximate surface area is 167 Å². The van der Waals surface area contributed by atoms with Gasteiger partial charge in [0.05, 0.1) is 5.56 Å². The van der Waals surface area contributed by atoms with Crippen molar-refractivity contribution in [2.24, 2.45) is 0 Å². The number of nitrogens with one attached hydrogen (secondary N) is 1. The maximum Gasteiger partial charge on any atom is 0.271 e. The average Bonchev–Trinajstić information content (AvgIpc) is 3.43. The summed E-state index contributed by atoms with van der Waals surface area (Å²) in [4.78, 5) is 25.2. The highest BCUT2D eigenvalue weighted by molar-refractivity contribution is 5.92. The van der Waals surface area contributed by atoms with Gasteiger partial charge >= 0.3 is 0 Å². The van der Waals surface area contributed by atoms with Crippen LogP contribution in [0.1, 0.15) is 34.4 Å². The van der Waals surface area contributed by atoms with Crippen molar-refractivity contribution < 1.29 is 9.32 Å². The van der Waals surface area contributed by atoms with Crippen LogP contribution in [0, 0.1) is 6.92 Å². The molecule has 4 rings (SSSR count). The zero-order valence-electron chi connectivity index (χ0n) is 16.2. The van der Waals surface area contributed by atoms with E-state index in [2.05, 4.69) is 25.4 Å². The van der Waals surface area contributed by atoms with Crippen LogP contribution in [-0.4, -0.2) is 30.6 Å². The van der Waals surface area contributed by atoms with Crippen molar-refractivity contribution in [3.05, 3.63) is 77.8 Å². The lowest BCUT2D eigenvalue weighted by Crippen LogP contribution is -2.23. The number of pyridine rings is 1. The van der Waals surface area contributed by atoms with Gasteiger partial charge in [-0.1, -0.05) is 41.9 Å². The lowest BCUT2D eigenvalue weighted by molar-refractivity contribution is 0.0946. The first-order valence-corrected chi connectivity index (χ1v) is 9.29. The highest BCUT2D eigenvalue weighted by Gasteiger charge is 2.12. The Kier molecular flexibility index (Phi) is 5.15. The molecule has 3 aromatic heterocycles. The topological polar surface area (TPSA) is 98.7 Å². The van der Waals surface area contributed by atoms with Crippen LogP contribution in [0.5, 0.6) is 0 Å². The number of hydrogen-bond donors (Lipinski definition) is 1. The molecule has 0 fully saturated rings. The molecule has 8 heteroatoms. The van der Waals surface area contributed by atoms with Gasteiger partial charge in [0, 0.05) is 25.4 Å². The Hall–Kier alpha value is -3.81. The fourth-order valence-electron chi connectivity index (χ4n) is 2.72. The van der Waals surface area contributed by atoms with E-state index in [4.69, 9.17) is 4.52 Å². The summed E-state index contributed by atoms with van der Waals surface area (Å²) in [6.45, 7) is 4.44. The number of benzene rings is 1. The van der Waals surface area contributed by atoms with Crippen molar-refractivity contribution in [3.8, 4) is 17.3 Å². The molecule has 29 heavy (non-hydrogen) atoms. The number of imidazole rings is 1. The number of rotatable bonds is 6. The fourth-order valence-corrected chi connectivity index (χ4v) is 2.72. The van der Waals surface area contributed by atoms with Gasteiger partial charge in [0.2, 0.25) is 0 Å². The molecule has 1 N–H and O–H groups in total. The molecular weight excluding hydrogens is 368 g/mol. The summed E-state index contributed by atoms with van der Waals surface area (Å²) in [6, 6.07) is 11.7. The molecule has 1 amide bonds. The molecule has 0 aliphatic rings. The lowest BCUT2D eigenvalue weighted by Gasteiger charge is -2.04. The van der Waals surface area contributed by atoms with Gasteiger partial charge in [0.15, 0.2) is 5.82 Å². The van der Waals surface area contributed by atoms with Crippen LogP contribution in [0.2, 0.25) is 0 Å². The van der Waals surface area contributed by atoms with Crippen molar-refractivity contribution in [3.63, 3.8) is 0 Å². The molecule has 8 nitrogen and oxygen atoms in total. The molecule has 0 spiro atoms. The normalized spacial score (nSPS) is 10.8. The number of carbonyl (C=O) groups excluding carboxylic acids is 1. The first-order valence-electron chi connectivity index (χ1n) is 9.29. The van der Waals surface area contributed by atoms with Crippen molar-refractivity contribution in [1.29, 1.82) is 0 Å². The van der Waals surface area contributed by atoms with E-state index >= 15 is 0 Å². The second-order valence-corrected chi connectivity index (χ2v) is 6.61. The van der Waals surface area contributed by atoms with Gasteiger partial charge in [-0.15, -0.1) is 0 Å². The Balaban J connectivity index is 1.42. The third kappa shape index (κ3) is 4.21. The van der Waals surface area contributed by atoms with Crippen molar-refractivity contribution in [1.82, 2.24) is 30.0 Å². The molecule has 0 saturated carbocycles. The quantitative estimate of drug-likeness (QED) is 0.545. The first-order chi connectivity index (χ1) is 14.1. The molecule has 0 bridgehead atoms. The molecule has 0 radical (unpaired) electrons. The van der Waals surface area contributed by atoms with E-state index in [1.54, 1.807) is 29.4 Å². The summed E-state index contributed by atoms with van der Waals surface area (Å²) >= 11 is 0. The summed E-state index contributed by atoms with van der Waals surface area (Å²) in [5.41, 5.74) is 3.28. The Bertz CT molecular complexity index is 1110. The standard InChI is InChI=1S/C21H20N6O2/c1-3-18-25-21(29-26-18)16-8-9-19(22-11-16)27-12-17(24-13-27)20(28)23-10-15-6-4-14(2)5-7-15/h4-9,11-13H,3,10H2,1-2H3,(H,23,28). The van der Waals surface area contributed by atoms with E-state index in [-0.39, 0.29) is 5.91 Å². The van der Waals surface area contributed by atoms with Gasteiger partial charge in [-0.05, 0) is 24.6 Å². The third-order valence-corrected chi connectivity index (χ3v) is 4.43. The maximum atomic E-state index is 12.4. The monoisotopic (exact) mass is 388 g/mol. The number of aromatic nitrogens is 5. The number of aryl methyl sites for hydroxylation is 2. The van der Waals surface area contributed by atoms with E-state index < -0.39 is 0 Å². The predicted octanol–water partition coefficient (Wildman–Crippen LogP) is 3.12. The molecule has 0 aliphatic carbocycles. The number of hydrogen-bond acceptors (Lipinski definition) is 6. The van der Waals surface area contributed by atoms with Crippen LogP contribution >= 0.6 is 0 Å². The van der Waals surface area contributed by atoms with Gasteiger partial charge in [-0.2, -0.15) is 4.98 Å². The first kappa shape index (κ1) is 18.5. The molecular formula is C21H20N6O2. The van der Waals surface area contributed by atoms with E-state index in [0.717, 1.165) is 11.1 Å². The van der Waals surface area contributed by atoms with Crippen molar-refractivity contribution in [2.75, 3.05) is 0 Å². The molecule has 0 saturated heterocycles. The molecule has 3 heterocycles. The highest BCUT2D eigenvalue weighted by Crippen LogP contribution is 2.17. The van der Waals surface area contributed by atoms with Crippen LogP contribution in [0.4, 0.5) is 0 Å². The maximum absolute atomic E-state index is 12.4. The minimum atomic E-state index is -0.237. The van der Waals surface area contributed by atoms with Crippen molar-refractivity contribution in [2.45, 2.75) is 26.8 Å². The second-order valence-electron chi connectivity index (χ2n) is 6.61. The summed E-state index contributed by atoms with van der Waals surface area (Å²) in [6.07, 6.45) is 5.57. The summed E-state index contributed by atoms with van der Waals surface area (Å²) in [5, 5.41) is 6.76. The molecule has 0 atom stereocenters. The van der Waals surface area contributed by atoms with E-state index in [9.17, 15) is 4.79 Å². The van der Waals surface area contributed by atoms with Gasteiger partial charge in [-0.25, -0.2) is 9.97 Å². The average molecular weight is 388 g/mol. The van der Waals surface area contributed by atoms with E-state index in [1.807, 2.05) is 44.2 Å². The predicted molar refractivity (Wildman–Crippen MR) is 106 cm³/mol. The highest BCUT2D eigenvalue weighted by atomic mass is 16.5. The van der Waals surface area contributed by atoms with Crippen molar-refractivity contribution >= 4 is 5.91 Å². The van der Waals surface area contributed by atoms with E-state index in [0.29, 0.717) is 36.2 Å². The van der Waals surface area contributed by atoms with Crippen LogP contribution in [0.25, 0.3) is 17.3 Å². The van der Waals surface area contributed by atoms with Gasteiger partial charge in [-0.3, -0.25) is 9.36 Å². The summed E-state index contributed by atoms with van der Waals surface area (Å²) in [5.74, 6) is 1.48. The van der Waals surface area contributed by atoms with Gasteiger partial charge in [0.1, 0.15) is 17.8 Å². The largest absolute Gasteiger partial charge is 0.347 e. The SMILES string of the molecule is CCc1noc(-c2ccc(-n3cnc(C(=O)NCc4ccc(C)cc4)c3)nc2)n1. The molecule has 1 aromatic carbocycles. The molecule has 0 aliphatic heterocycles. The summed E-state index contributed by atoms with van der Waals surface area (Å²) < 4.78 is 6.91. The Morgan fingerprint density at radius 1 is 1.14 bits per heavy atom. The Morgan fingerprint density at radius 2 is 1.97 bits per heavy atom. The molecule has 0 unspecified atom stereocenters. The number of carbonyl (C=O) groups is 1. The molecule has 4 aromatic rings. The number of amides is 1. The minimum Gasteiger partial charge on any atom is -0.347 e. The smallest absolute Gasteiger partial charge is 0.271 e. The fraction of sp³-hybridized carbons (Fsp3) is 0.190. The number of nitrogens with zero attached hydrogens (tertiary/aromatic N) is 5. The zero-order valence-corrected chi connectivity index (χ0v) is 16.2. The van der Waals surface area contributed by atoms with Gasteiger partial charge < -0.3 is 9.84 Å². The second kappa shape index (κ2) is 8.05. The zero-order chi connectivity index (χ0) is 20.2.